The Kier molecular flexibility index (Phi) is 8.60. The van der Waals surface area contributed by atoms with Gasteiger partial charge in [-0.3, -0.25) is 14.4 Å². The molecule has 3 unspecified atom stereocenters. The van der Waals surface area contributed by atoms with Crippen LogP contribution in [0, 0.1) is 11.8 Å². The molecule has 1 N–H and O–H groups in total. The zero-order valence-corrected chi connectivity index (χ0v) is 24.0. The number of β-amino-alcohol motifs (C(OH)–C–C–N with tert-alkyl or cyclic N) is 1. The van der Waals surface area contributed by atoms with Crippen LogP contribution in [-0.4, -0.2) is 88.0 Å². The highest BCUT2D eigenvalue weighted by Crippen LogP contribution is 2.68. The molecule has 1 spiro atoms. The molecule has 3 fully saturated rings. The molecule has 0 aliphatic carbocycles. The number of benzene rings is 1. The Morgan fingerprint density at radius 2 is 1.89 bits per heavy atom. The second-order valence-corrected chi connectivity index (χ2v) is 12.3. The number of carbonyl (C=O) groups excluding carboxylic acids is 3. The predicted octanol–water partition coefficient (Wildman–Crippen LogP) is 3.07. The lowest BCUT2D eigenvalue weighted by Crippen LogP contribution is -2.56. The Bertz CT molecular complexity index is 1040. The SMILES string of the molecule is C=CCN(C(=O)C1N(CCO)C(=O)[C@@H]2[C@H](C(=O)OCC)[C@H]3SC12CC3Br)c1ccc(N(CC)CC)cc1. The first-order valence-electron chi connectivity index (χ1n) is 13.0. The van der Waals surface area contributed by atoms with Crippen molar-refractivity contribution < 1.29 is 24.2 Å². The zero-order chi connectivity index (χ0) is 26.9. The van der Waals surface area contributed by atoms with Gasteiger partial charge < -0.3 is 24.5 Å². The van der Waals surface area contributed by atoms with Crippen molar-refractivity contribution >= 4 is 56.9 Å². The van der Waals surface area contributed by atoms with E-state index in [2.05, 4.69) is 41.3 Å². The second kappa shape index (κ2) is 11.4. The van der Waals surface area contributed by atoms with Crippen molar-refractivity contribution in [2.75, 3.05) is 49.2 Å². The van der Waals surface area contributed by atoms with Gasteiger partial charge in [-0.25, -0.2) is 0 Å². The van der Waals surface area contributed by atoms with E-state index in [0.717, 1.165) is 18.8 Å². The van der Waals surface area contributed by atoms with Gasteiger partial charge in [0.15, 0.2) is 0 Å². The van der Waals surface area contributed by atoms with E-state index >= 15 is 0 Å². The highest BCUT2D eigenvalue weighted by Gasteiger charge is 2.76. The fraction of sp³-hybridized carbons (Fsp3) is 0.593. The summed E-state index contributed by atoms with van der Waals surface area (Å²) in [6.45, 7) is 11.8. The summed E-state index contributed by atoms with van der Waals surface area (Å²) in [6, 6.07) is 7.03. The van der Waals surface area contributed by atoms with E-state index in [0.29, 0.717) is 12.1 Å². The molecular weight excluding hydrogens is 558 g/mol. The second-order valence-electron chi connectivity index (χ2n) is 9.60. The van der Waals surface area contributed by atoms with Gasteiger partial charge in [0.25, 0.3) is 5.91 Å². The molecule has 1 aromatic rings. The molecule has 0 radical (unpaired) electrons. The third kappa shape index (κ3) is 4.59. The smallest absolute Gasteiger partial charge is 0.310 e. The molecule has 3 aliphatic heterocycles. The van der Waals surface area contributed by atoms with Crippen LogP contribution in [0.25, 0.3) is 0 Å². The van der Waals surface area contributed by atoms with Crippen LogP contribution in [0.3, 0.4) is 0 Å². The molecule has 3 saturated heterocycles. The molecule has 37 heavy (non-hydrogen) atoms. The number of fused-ring (bicyclic) bond motifs is 1. The van der Waals surface area contributed by atoms with Crippen molar-refractivity contribution in [3.05, 3.63) is 36.9 Å². The first-order valence-corrected chi connectivity index (χ1v) is 14.8. The summed E-state index contributed by atoms with van der Waals surface area (Å²) in [4.78, 5) is 46.5. The predicted molar refractivity (Wildman–Crippen MR) is 150 cm³/mol. The molecule has 4 rings (SSSR count). The van der Waals surface area contributed by atoms with E-state index in [1.807, 2.05) is 24.3 Å². The number of esters is 1. The number of anilines is 2. The summed E-state index contributed by atoms with van der Waals surface area (Å²) >= 11 is 5.30. The molecule has 1 aromatic carbocycles. The van der Waals surface area contributed by atoms with Gasteiger partial charge in [-0.1, -0.05) is 22.0 Å². The van der Waals surface area contributed by atoms with Gasteiger partial charge in [0.2, 0.25) is 5.91 Å². The summed E-state index contributed by atoms with van der Waals surface area (Å²) in [6.07, 6.45) is 2.25. The van der Waals surface area contributed by atoms with E-state index in [4.69, 9.17) is 4.74 Å². The number of carbonyl (C=O) groups is 3. The maximum atomic E-state index is 14.4. The van der Waals surface area contributed by atoms with Crippen LogP contribution < -0.4 is 9.80 Å². The third-order valence-electron chi connectivity index (χ3n) is 7.79. The summed E-state index contributed by atoms with van der Waals surface area (Å²) in [5.74, 6) is -2.16. The van der Waals surface area contributed by atoms with E-state index < -0.39 is 28.6 Å². The summed E-state index contributed by atoms with van der Waals surface area (Å²) in [5, 5.41) is 9.67. The zero-order valence-electron chi connectivity index (χ0n) is 21.6. The molecule has 0 saturated carbocycles. The average Bonchev–Trinajstić information content (AvgIpc) is 3.47. The van der Waals surface area contributed by atoms with Gasteiger partial charge in [-0.2, -0.15) is 0 Å². The standard InChI is InChI=1S/C27H36BrN3O5S/c1-5-13-30(18-11-9-17(10-12-18)29(6-2)7-3)25(34)23-27-16-19(28)22(37-27)20(26(35)36-8-4)21(27)24(33)31(23)14-15-32/h5,9-12,19-23,32H,1,6-8,13-16H2,2-4H3/t19?,20-,21-,22-,23?,27?/m0/s1. The van der Waals surface area contributed by atoms with E-state index in [1.54, 1.807) is 29.7 Å². The molecule has 0 aromatic heterocycles. The quantitative estimate of drug-likeness (QED) is 0.239. The van der Waals surface area contributed by atoms with Crippen LogP contribution >= 0.6 is 27.7 Å². The van der Waals surface area contributed by atoms with Crippen molar-refractivity contribution in [3.63, 3.8) is 0 Å². The van der Waals surface area contributed by atoms with Crippen LogP contribution in [0.5, 0.6) is 0 Å². The fourth-order valence-corrected chi connectivity index (χ4v) is 9.89. The van der Waals surface area contributed by atoms with Crippen LogP contribution in [0.15, 0.2) is 36.9 Å². The van der Waals surface area contributed by atoms with Gasteiger partial charge in [-0.15, -0.1) is 18.3 Å². The van der Waals surface area contributed by atoms with Crippen molar-refractivity contribution in [2.24, 2.45) is 11.8 Å². The van der Waals surface area contributed by atoms with E-state index in [-0.39, 0.29) is 48.2 Å². The Balaban J connectivity index is 1.73. The third-order valence-corrected chi connectivity index (χ3v) is 11.0. The average molecular weight is 595 g/mol. The minimum Gasteiger partial charge on any atom is -0.466 e. The minimum atomic E-state index is -0.811. The molecule has 2 amide bonds. The van der Waals surface area contributed by atoms with Crippen LogP contribution in [0.2, 0.25) is 0 Å². The number of hydrogen-bond acceptors (Lipinski definition) is 7. The van der Waals surface area contributed by atoms with Gasteiger partial charge in [0, 0.05) is 47.6 Å². The number of ether oxygens (including phenoxy) is 1. The molecule has 202 valence electrons. The monoisotopic (exact) mass is 593 g/mol. The van der Waals surface area contributed by atoms with E-state index in [1.165, 1.54) is 4.90 Å². The maximum Gasteiger partial charge on any atom is 0.310 e. The summed E-state index contributed by atoms with van der Waals surface area (Å²) < 4.78 is 4.59. The minimum absolute atomic E-state index is 0.0264. The summed E-state index contributed by atoms with van der Waals surface area (Å²) in [7, 11) is 0. The highest BCUT2D eigenvalue weighted by molar-refractivity contribution is 9.09. The van der Waals surface area contributed by atoms with Crippen molar-refractivity contribution in [1.82, 2.24) is 4.90 Å². The molecule has 8 nitrogen and oxygen atoms in total. The van der Waals surface area contributed by atoms with Crippen LogP contribution in [-0.2, 0) is 19.1 Å². The van der Waals surface area contributed by atoms with Crippen LogP contribution in [0.1, 0.15) is 27.2 Å². The van der Waals surface area contributed by atoms with Gasteiger partial charge in [0.05, 0.1) is 29.8 Å². The Morgan fingerprint density at radius 1 is 1.24 bits per heavy atom. The van der Waals surface area contributed by atoms with Gasteiger partial charge in [0.1, 0.15) is 6.04 Å². The Labute approximate surface area is 231 Å². The number of nitrogens with zero attached hydrogens (tertiary/aromatic N) is 3. The number of thioether (sulfide) groups is 1. The van der Waals surface area contributed by atoms with Gasteiger partial charge >= 0.3 is 5.97 Å². The number of likely N-dealkylation sites (tertiary alicyclic amines) is 1. The number of halogens is 1. The Morgan fingerprint density at radius 3 is 2.46 bits per heavy atom. The number of alkyl halides is 1. The molecule has 3 aliphatic rings. The van der Waals surface area contributed by atoms with Crippen molar-refractivity contribution in [1.29, 1.82) is 0 Å². The lowest BCUT2D eigenvalue weighted by Gasteiger charge is -2.37. The largest absolute Gasteiger partial charge is 0.466 e. The lowest BCUT2D eigenvalue weighted by molar-refractivity contribution is -0.153. The fourth-order valence-electron chi connectivity index (χ4n) is 6.30. The highest BCUT2D eigenvalue weighted by atomic mass is 79.9. The van der Waals surface area contributed by atoms with Gasteiger partial charge in [-0.05, 0) is 51.5 Å². The first kappa shape index (κ1) is 28.0. The first-order chi connectivity index (χ1) is 17.8. The number of amides is 2. The van der Waals surface area contributed by atoms with E-state index in [9.17, 15) is 19.5 Å². The lowest BCUT2D eigenvalue weighted by atomic mass is 9.71. The molecular formula is C27H36BrN3O5S. The molecule has 6 atom stereocenters. The number of aliphatic hydroxyl groups excluding tert-OH is 1. The number of aliphatic hydroxyl groups is 1. The van der Waals surface area contributed by atoms with Crippen LogP contribution in [0.4, 0.5) is 11.4 Å². The molecule has 2 bridgehead atoms. The molecule has 3 heterocycles. The number of rotatable bonds is 11. The normalized spacial score (nSPS) is 29.8. The number of hydrogen-bond donors (Lipinski definition) is 1. The van der Waals surface area contributed by atoms with Crippen molar-refractivity contribution in [3.8, 4) is 0 Å². The Hall–Kier alpha value is -2.04. The topological polar surface area (TPSA) is 90.4 Å². The summed E-state index contributed by atoms with van der Waals surface area (Å²) in [5.41, 5.74) is 1.78. The molecule has 10 heteroatoms. The maximum absolute atomic E-state index is 14.4. The van der Waals surface area contributed by atoms with Crippen molar-refractivity contribution in [2.45, 2.75) is 48.1 Å².